The van der Waals surface area contributed by atoms with Crippen molar-refractivity contribution >= 4 is 29.2 Å². The van der Waals surface area contributed by atoms with E-state index in [0.29, 0.717) is 31.6 Å². The maximum Gasteiger partial charge on any atom is 0.418 e. The molecule has 180 valence electrons. The van der Waals surface area contributed by atoms with Crippen LogP contribution in [-0.4, -0.2) is 73.0 Å². The van der Waals surface area contributed by atoms with Crippen molar-refractivity contribution in [2.24, 2.45) is 0 Å². The van der Waals surface area contributed by atoms with Gasteiger partial charge in [-0.15, -0.1) is 0 Å². The van der Waals surface area contributed by atoms with E-state index in [1.165, 1.54) is 6.07 Å². The summed E-state index contributed by atoms with van der Waals surface area (Å²) in [4.78, 5) is 42.5. The van der Waals surface area contributed by atoms with Crippen molar-refractivity contribution in [3.8, 4) is 0 Å². The fraction of sp³-hybridized carbons (Fsp3) is 0.591. The molecule has 3 aliphatic rings. The number of piperazine rings is 1. The molecule has 2 aliphatic heterocycles. The van der Waals surface area contributed by atoms with Crippen LogP contribution >= 0.6 is 0 Å². The van der Waals surface area contributed by atoms with E-state index in [4.69, 9.17) is 0 Å². The van der Waals surface area contributed by atoms with E-state index in [-0.39, 0.29) is 0 Å². The van der Waals surface area contributed by atoms with Crippen molar-refractivity contribution in [2.75, 3.05) is 50.0 Å². The number of imide groups is 1. The van der Waals surface area contributed by atoms with E-state index < -0.39 is 47.4 Å². The number of alkyl halides is 3. The molecule has 1 aromatic rings. The van der Waals surface area contributed by atoms with Crippen molar-refractivity contribution in [3.63, 3.8) is 0 Å². The van der Waals surface area contributed by atoms with E-state index in [1.54, 1.807) is 6.07 Å². The van der Waals surface area contributed by atoms with Gasteiger partial charge >= 0.3 is 12.2 Å². The molecule has 1 saturated carbocycles. The Morgan fingerprint density at radius 2 is 1.76 bits per heavy atom. The van der Waals surface area contributed by atoms with Gasteiger partial charge in [-0.2, -0.15) is 13.2 Å². The zero-order valence-corrected chi connectivity index (χ0v) is 18.5. The minimum Gasteiger partial charge on any atom is -0.369 e. The van der Waals surface area contributed by atoms with Crippen molar-refractivity contribution in [1.29, 1.82) is 0 Å². The number of anilines is 2. The van der Waals surface area contributed by atoms with Crippen molar-refractivity contribution in [1.82, 2.24) is 15.1 Å². The molecule has 0 aromatic heterocycles. The van der Waals surface area contributed by atoms with Gasteiger partial charge in [0.1, 0.15) is 12.1 Å². The molecule has 0 radical (unpaired) electrons. The lowest BCUT2D eigenvalue weighted by atomic mass is 9.82. The van der Waals surface area contributed by atoms with E-state index >= 15 is 0 Å². The summed E-state index contributed by atoms with van der Waals surface area (Å²) in [6, 6.07) is 3.12. The van der Waals surface area contributed by atoms with Gasteiger partial charge in [0.15, 0.2) is 0 Å². The highest BCUT2D eigenvalue weighted by Gasteiger charge is 2.51. The van der Waals surface area contributed by atoms with Crippen LogP contribution in [0.4, 0.5) is 29.3 Å². The highest BCUT2D eigenvalue weighted by atomic mass is 19.4. The molecular weight excluding hydrogens is 439 g/mol. The molecule has 4 rings (SSSR count). The first-order valence-electron chi connectivity index (χ1n) is 11.2. The first-order valence-corrected chi connectivity index (χ1v) is 11.2. The largest absolute Gasteiger partial charge is 0.418 e. The van der Waals surface area contributed by atoms with Crippen LogP contribution in [0.2, 0.25) is 0 Å². The maximum atomic E-state index is 13.8. The Hall–Kier alpha value is -2.82. The highest BCUT2D eigenvalue weighted by Crippen LogP contribution is 2.38. The summed E-state index contributed by atoms with van der Waals surface area (Å²) < 4.78 is 41.3. The normalized spacial score (nSPS) is 21.5. The Kier molecular flexibility index (Phi) is 6.26. The van der Waals surface area contributed by atoms with Crippen LogP contribution in [0.25, 0.3) is 0 Å². The van der Waals surface area contributed by atoms with Gasteiger partial charge in [-0.1, -0.05) is 19.3 Å². The third kappa shape index (κ3) is 4.78. The first-order chi connectivity index (χ1) is 15.6. The van der Waals surface area contributed by atoms with Crippen LogP contribution in [-0.2, 0) is 15.8 Å². The van der Waals surface area contributed by atoms with Gasteiger partial charge in [-0.05, 0) is 38.1 Å². The Morgan fingerprint density at radius 3 is 2.39 bits per heavy atom. The molecule has 0 unspecified atom stereocenters. The number of urea groups is 1. The minimum atomic E-state index is -4.68. The summed E-state index contributed by atoms with van der Waals surface area (Å²) in [5.74, 6) is -1.34. The number of hydrogen-bond acceptors (Lipinski definition) is 5. The fourth-order valence-electron chi connectivity index (χ4n) is 4.78. The standard InChI is InChI=1S/C22H28F3N5O3/c1-28-9-11-29(12-10-28)15-5-6-17(16(13-15)22(23,24)25)26-18(31)14-30-19(32)21(27-20(30)33)7-3-2-4-8-21/h5-6,13H,2-4,7-12,14H2,1H3,(H,26,31)(H,27,33). The second kappa shape index (κ2) is 8.85. The summed E-state index contributed by atoms with van der Waals surface area (Å²) in [5, 5.41) is 4.94. The third-order valence-electron chi connectivity index (χ3n) is 6.71. The van der Waals surface area contributed by atoms with Crippen LogP contribution in [0.5, 0.6) is 0 Å². The first kappa shape index (κ1) is 23.3. The number of rotatable bonds is 4. The molecule has 0 bridgehead atoms. The van der Waals surface area contributed by atoms with E-state index in [0.717, 1.165) is 43.3 Å². The van der Waals surface area contributed by atoms with Gasteiger partial charge in [0.05, 0.1) is 11.3 Å². The predicted molar refractivity (Wildman–Crippen MR) is 116 cm³/mol. The zero-order valence-electron chi connectivity index (χ0n) is 18.5. The number of carbonyl (C=O) groups excluding carboxylic acids is 3. The number of benzene rings is 1. The van der Waals surface area contributed by atoms with Crippen LogP contribution in [0.15, 0.2) is 18.2 Å². The number of amides is 4. The molecule has 2 N–H and O–H groups in total. The molecule has 2 saturated heterocycles. The molecule has 1 aromatic carbocycles. The van der Waals surface area contributed by atoms with Gasteiger partial charge in [-0.25, -0.2) is 4.79 Å². The van der Waals surface area contributed by atoms with Crippen molar-refractivity contribution < 1.29 is 27.6 Å². The van der Waals surface area contributed by atoms with Gasteiger partial charge in [0.25, 0.3) is 5.91 Å². The molecule has 0 atom stereocenters. The lowest BCUT2D eigenvalue weighted by Gasteiger charge is -2.34. The average Bonchev–Trinajstić information content (AvgIpc) is 2.98. The summed E-state index contributed by atoms with van der Waals surface area (Å²) >= 11 is 0. The van der Waals surface area contributed by atoms with Crippen LogP contribution in [0, 0.1) is 0 Å². The smallest absolute Gasteiger partial charge is 0.369 e. The lowest BCUT2D eigenvalue weighted by Crippen LogP contribution is -2.48. The molecule has 8 nitrogen and oxygen atoms in total. The Labute approximate surface area is 190 Å². The van der Waals surface area contributed by atoms with E-state index in [2.05, 4.69) is 15.5 Å². The number of halogens is 3. The third-order valence-corrected chi connectivity index (χ3v) is 6.71. The summed E-state index contributed by atoms with van der Waals surface area (Å²) in [7, 11) is 1.96. The quantitative estimate of drug-likeness (QED) is 0.666. The topological polar surface area (TPSA) is 85.0 Å². The molecule has 1 aliphatic carbocycles. The van der Waals surface area contributed by atoms with Crippen LogP contribution in [0.1, 0.15) is 37.7 Å². The second-order valence-electron chi connectivity index (χ2n) is 9.03. The zero-order chi connectivity index (χ0) is 23.8. The summed E-state index contributed by atoms with van der Waals surface area (Å²) in [6.07, 6.45) is -1.13. The van der Waals surface area contributed by atoms with Gasteiger partial charge < -0.3 is 20.4 Å². The molecule has 33 heavy (non-hydrogen) atoms. The van der Waals surface area contributed by atoms with Crippen molar-refractivity contribution in [2.45, 2.75) is 43.8 Å². The highest BCUT2D eigenvalue weighted by molar-refractivity contribution is 6.10. The van der Waals surface area contributed by atoms with Crippen LogP contribution < -0.4 is 15.5 Å². The molecular formula is C22H28F3N5O3. The van der Waals surface area contributed by atoms with E-state index in [9.17, 15) is 27.6 Å². The van der Waals surface area contributed by atoms with Crippen molar-refractivity contribution in [3.05, 3.63) is 23.8 Å². The molecule has 11 heteroatoms. The fourth-order valence-corrected chi connectivity index (χ4v) is 4.78. The predicted octanol–water partition coefficient (Wildman–Crippen LogP) is 2.65. The average molecular weight is 467 g/mol. The number of carbonyl (C=O) groups is 3. The molecule has 2 heterocycles. The van der Waals surface area contributed by atoms with Gasteiger partial charge in [0.2, 0.25) is 5.91 Å². The summed E-state index contributed by atoms with van der Waals surface area (Å²) in [6.45, 7) is 2.06. The Bertz CT molecular complexity index is 938. The number of likely N-dealkylation sites (N-methyl/N-ethyl adjacent to an activating group) is 1. The SMILES string of the molecule is CN1CCN(c2ccc(NC(=O)CN3C(=O)NC4(CCCCC4)C3=O)c(C(F)(F)F)c2)CC1. The van der Waals surface area contributed by atoms with Gasteiger partial charge in [0, 0.05) is 31.9 Å². The number of nitrogens with zero attached hydrogens (tertiary/aromatic N) is 3. The maximum absolute atomic E-state index is 13.8. The van der Waals surface area contributed by atoms with E-state index in [1.807, 2.05) is 11.9 Å². The number of hydrogen-bond donors (Lipinski definition) is 2. The molecule has 4 amide bonds. The summed E-state index contributed by atoms with van der Waals surface area (Å²) in [5.41, 5.74) is -1.92. The molecule has 1 spiro atoms. The second-order valence-corrected chi connectivity index (χ2v) is 9.03. The minimum absolute atomic E-state index is 0.398. The molecule has 3 fully saturated rings. The Balaban J connectivity index is 1.48. The van der Waals surface area contributed by atoms with Crippen LogP contribution in [0.3, 0.4) is 0 Å². The number of nitrogens with one attached hydrogen (secondary N) is 2. The van der Waals surface area contributed by atoms with Gasteiger partial charge in [-0.3, -0.25) is 14.5 Å². The lowest BCUT2D eigenvalue weighted by molar-refractivity contribution is -0.137. The monoisotopic (exact) mass is 467 g/mol. The Morgan fingerprint density at radius 1 is 1.09 bits per heavy atom.